The summed E-state index contributed by atoms with van der Waals surface area (Å²) in [4.78, 5) is 11.1. The molecule has 0 aliphatic carbocycles. The van der Waals surface area contributed by atoms with Gasteiger partial charge in [0.05, 0.1) is 6.29 Å². The van der Waals surface area contributed by atoms with Crippen molar-refractivity contribution < 1.29 is 9.36 Å². The van der Waals surface area contributed by atoms with Crippen LogP contribution in [0.1, 0.15) is 6.92 Å². The SMILES string of the molecule is CC(=O)NCP(=O)(c1ccccc1)c1ccccc1. The van der Waals surface area contributed by atoms with Gasteiger partial charge in [0.25, 0.3) is 0 Å². The summed E-state index contributed by atoms with van der Waals surface area (Å²) >= 11 is 0. The first-order chi connectivity index (χ1) is 9.13. The van der Waals surface area contributed by atoms with Crippen molar-refractivity contribution in [1.82, 2.24) is 5.32 Å². The summed E-state index contributed by atoms with van der Waals surface area (Å²) in [6.07, 6.45) is 0.149. The van der Waals surface area contributed by atoms with Gasteiger partial charge in [-0.1, -0.05) is 60.7 Å². The topological polar surface area (TPSA) is 46.2 Å². The highest BCUT2D eigenvalue weighted by molar-refractivity contribution is 7.78. The quantitative estimate of drug-likeness (QED) is 0.867. The summed E-state index contributed by atoms with van der Waals surface area (Å²) < 4.78 is 13.3. The number of carbonyl (C=O) groups is 1. The fraction of sp³-hybridized carbons (Fsp3) is 0.133. The second-order valence-electron chi connectivity index (χ2n) is 4.30. The Hall–Kier alpha value is -1.86. The van der Waals surface area contributed by atoms with Gasteiger partial charge in [0.1, 0.15) is 0 Å². The van der Waals surface area contributed by atoms with Gasteiger partial charge in [0.15, 0.2) is 7.14 Å². The molecule has 0 aliphatic heterocycles. The van der Waals surface area contributed by atoms with Crippen LogP contribution in [0.3, 0.4) is 0 Å². The van der Waals surface area contributed by atoms with Crippen molar-refractivity contribution >= 4 is 23.7 Å². The molecule has 0 aliphatic rings. The van der Waals surface area contributed by atoms with Gasteiger partial charge in [0.2, 0.25) is 5.91 Å². The zero-order valence-electron chi connectivity index (χ0n) is 10.7. The maximum atomic E-state index is 13.3. The van der Waals surface area contributed by atoms with Crippen LogP contribution in [-0.4, -0.2) is 12.2 Å². The number of hydrogen-bond acceptors (Lipinski definition) is 2. The Morgan fingerprint density at radius 2 is 1.37 bits per heavy atom. The lowest BCUT2D eigenvalue weighted by Gasteiger charge is -2.19. The molecule has 0 saturated heterocycles. The molecule has 1 amide bonds. The summed E-state index contributed by atoms with van der Waals surface area (Å²) in [5, 5.41) is 4.20. The average Bonchev–Trinajstić information content (AvgIpc) is 2.46. The molecule has 0 fully saturated rings. The third-order valence-corrected chi connectivity index (χ3v) is 5.77. The summed E-state index contributed by atoms with van der Waals surface area (Å²) in [6, 6.07) is 18.6. The molecule has 0 atom stereocenters. The maximum absolute atomic E-state index is 13.3. The van der Waals surface area contributed by atoms with E-state index < -0.39 is 7.14 Å². The van der Waals surface area contributed by atoms with Crippen LogP contribution in [0.25, 0.3) is 0 Å². The number of benzene rings is 2. The third kappa shape index (κ3) is 3.12. The lowest BCUT2D eigenvalue weighted by molar-refractivity contribution is -0.118. The molecule has 0 saturated carbocycles. The smallest absolute Gasteiger partial charge is 0.217 e. The molecule has 3 nitrogen and oxygen atoms in total. The molecular formula is C15H16NO2P. The Morgan fingerprint density at radius 1 is 0.947 bits per heavy atom. The highest BCUT2D eigenvalue weighted by Crippen LogP contribution is 2.41. The van der Waals surface area contributed by atoms with E-state index in [0.29, 0.717) is 0 Å². The second-order valence-corrected chi connectivity index (χ2v) is 7.13. The molecule has 0 unspecified atom stereocenters. The lowest BCUT2D eigenvalue weighted by Crippen LogP contribution is -2.29. The second kappa shape index (κ2) is 5.85. The lowest BCUT2D eigenvalue weighted by atomic mass is 10.4. The Kier molecular flexibility index (Phi) is 4.18. The first-order valence-corrected chi connectivity index (χ1v) is 7.97. The van der Waals surface area contributed by atoms with Gasteiger partial charge in [-0.15, -0.1) is 0 Å². The fourth-order valence-electron chi connectivity index (χ4n) is 1.89. The van der Waals surface area contributed by atoms with Crippen LogP contribution < -0.4 is 15.9 Å². The summed E-state index contributed by atoms with van der Waals surface area (Å²) in [6.45, 7) is 1.43. The van der Waals surface area contributed by atoms with Crippen molar-refractivity contribution in [2.24, 2.45) is 0 Å². The Morgan fingerprint density at radius 3 is 1.74 bits per heavy atom. The summed E-state index contributed by atoms with van der Waals surface area (Å²) in [5.41, 5.74) is 0. The normalized spacial score (nSPS) is 11.0. The van der Waals surface area contributed by atoms with Gasteiger partial charge in [-0.05, 0) is 0 Å². The van der Waals surface area contributed by atoms with Crippen LogP contribution in [0.4, 0.5) is 0 Å². The molecule has 0 bridgehead atoms. The van der Waals surface area contributed by atoms with Crippen molar-refractivity contribution in [3.8, 4) is 0 Å². The van der Waals surface area contributed by atoms with Crippen LogP contribution in [0.5, 0.6) is 0 Å². The number of rotatable bonds is 4. The van der Waals surface area contributed by atoms with E-state index in [1.54, 1.807) is 0 Å². The molecule has 0 spiro atoms. The average molecular weight is 273 g/mol. The van der Waals surface area contributed by atoms with E-state index in [9.17, 15) is 9.36 Å². The number of nitrogens with one attached hydrogen (secondary N) is 1. The maximum Gasteiger partial charge on any atom is 0.217 e. The number of hydrogen-bond donors (Lipinski definition) is 1. The van der Waals surface area contributed by atoms with E-state index >= 15 is 0 Å². The first-order valence-electron chi connectivity index (χ1n) is 6.08. The molecular weight excluding hydrogens is 257 g/mol. The van der Waals surface area contributed by atoms with Crippen LogP contribution in [0.2, 0.25) is 0 Å². The molecule has 4 heteroatoms. The van der Waals surface area contributed by atoms with Crippen LogP contribution in [-0.2, 0) is 9.36 Å². The standard InChI is InChI=1S/C15H16NO2P/c1-13(17)16-12-19(18,14-8-4-2-5-9-14)15-10-6-3-7-11-15/h2-11H,12H2,1H3,(H,16,17). The Bertz CT molecular complexity index is 553. The van der Waals surface area contributed by atoms with Gasteiger partial charge < -0.3 is 9.88 Å². The predicted molar refractivity (Wildman–Crippen MR) is 78.4 cm³/mol. The highest BCUT2D eigenvalue weighted by Gasteiger charge is 2.26. The molecule has 98 valence electrons. The highest BCUT2D eigenvalue weighted by atomic mass is 31.2. The summed E-state index contributed by atoms with van der Waals surface area (Å²) in [5.74, 6) is -0.174. The molecule has 2 rings (SSSR count). The van der Waals surface area contributed by atoms with E-state index in [4.69, 9.17) is 0 Å². The molecule has 0 heterocycles. The van der Waals surface area contributed by atoms with E-state index in [1.165, 1.54) is 6.92 Å². The van der Waals surface area contributed by atoms with Crippen molar-refractivity contribution in [1.29, 1.82) is 0 Å². The van der Waals surface area contributed by atoms with Crippen LogP contribution in [0, 0.1) is 0 Å². The molecule has 0 aromatic heterocycles. The minimum absolute atomic E-state index is 0.149. The molecule has 2 aromatic rings. The minimum atomic E-state index is -2.81. The Balaban J connectivity index is 2.45. The van der Waals surface area contributed by atoms with Crippen molar-refractivity contribution in [2.45, 2.75) is 6.92 Å². The van der Waals surface area contributed by atoms with Gasteiger partial charge >= 0.3 is 0 Å². The Labute approximate surface area is 113 Å². The van der Waals surface area contributed by atoms with Gasteiger partial charge in [-0.3, -0.25) is 4.79 Å². The van der Waals surface area contributed by atoms with E-state index in [-0.39, 0.29) is 12.2 Å². The van der Waals surface area contributed by atoms with E-state index in [1.807, 2.05) is 60.7 Å². The number of amides is 1. The third-order valence-electron chi connectivity index (χ3n) is 2.90. The van der Waals surface area contributed by atoms with Crippen molar-refractivity contribution in [2.75, 3.05) is 6.29 Å². The van der Waals surface area contributed by atoms with Crippen molar-refractivity contribution in [3.05, 3.63) is 60.7 Å². The largest absolute Gasteiger partial charge is 0.349 e. The first kappa shape index (κ1) is 13.6. The number of carbonyl (C=O) groups excluding carboxylic acids is 1. The van der Waals surface area contributed by atoms with Gasteiger partial charge in [0, 0.05) is 17.5 Å². The zero-order valence-corrected chi connectivity index (χ0v) is 11.6. The van der Waals surface area contributed by atoms with Crippen LogP contribution in [0.15, 0.2) is 60.7 Å². The molecule has 2 aromatic carbocycles. The summed E-state index contributed by atoms with van der Waals surface area (Å²) in [7, 11) is -2.81. The van der Waals surface area contributed by atoms with E-state index in [2.05, 4.69) is 5.32 Å². The molecule has 1 N–H and O–H groups in total. The van der Waals surface area contributed by atoms with Crippen LogP contribution >= 0.6 is 7.14 Å². The van der Waals surface area contributed by atoms with Gasteiger partial charge in [-0.2, -0.15) is 0 Å². The fourth-order valence-corrected chi connectivity index (χ4v) is 4.31. The van der Waals surface area contributed by atoms with E-state index in [0.717, 1.165) is 10.6 Å². The van der Waals surface area contributed by atoms with Gasteiger partial charge in [-0.25, -0.2) is 0 Å². The predicted octanol–water partition coefficient (Wildman–Crippen LogP) is 2.09. The van der Waals surface area contributed by atoms with Crippen molar-refractivity contribution in [3.63, 3.8) is 0 Å². The zero-order chi connectivity index (χ0) is 13.7. The molecule has 0 radical (unpaired) electrons. The minimum Gasteiger partial charge on any atom is -0.349 e. The monoisotopic (exact) mass is 273 g/mol. The molecule has 19 heavy (non-hydrogen) atoms.